The fraction of sp³-hybridized carbons (Fsp3) is 0.133. The van der Waals surface area contributed by atoms with Gasteiger partial charge in [0.2, 0.25) is 0 Å². The number of hydrogen-bond donors (Lipinski definition) is 2. The molecule has 2 rings (SSSR count). The van der Waals surface area contributed by atoms with Crippen LogP contribution in [0.5, 0.6) is 0 Å². The number of para-hydroxylation sites is 1. The summed E-state index contributed by atoms with van der Waals surface area (Å²) in [6.45, 7) is 0. The number of hydrogen-bond acceptors (Lipinski definition) is 2. The van der Waals surface area contributed by atoms with Gasteiger partial charge in [-0.25, -0.2) is 0 Å². The van der Waals surface area contributed by atoms with Gasteiger partial charge in [0, 0.05) is 27.5 Å². The van der Waals surface area contributed by atoms with Crippen LogP contribution in [0, 0.1) is 13.1 Å². The van der Waals surface area contributed by atoms with Crippen molar-refractivity contribution in [1.29, 1.82) is 0 Å². The quantitative estimate of drug-likeness (QED) is 0.459. The molecule has 2 aromatic rings. The zero-order valence-electron chi connectivity index (χ0n) is 11.8. The number of benzene rings is 2. The van der Waals surface area contributed by atoms with E-state index in [-0.39, 0.29) is 20.4 Å². The first-order valence-electron chi connectivity index (χ1n) is 5.93. The SMILES string of the molecule is CS(=O)(=O)O.[CH2-][NH+](C)c1ccccc1-c1[c-]cccc1.[Pd]. The average Bonchev–Trinajstić information content (AvgIpc) is 2.38. The summed E-state index contributed by atoms with van der Waals surface area (Å²) in [6, 6.07) is 19.5. The molecule has 0 aliphatic heterocycles. The molecule has 0 saturated carbocycles. The van der Waals surface area contributed by atoms with Gasteiger partial charge in [-0.15, -0.1) is 42.9 Å². The Hall–Kier alpha value is -1.03. The molecule has 0 amide bonds. The van der Waals surface area contributed by atoms with Crippen molar-refractivity contribution in [2.75, 3.05) is 13.3 Å². The van der Waals surface area contributed by atoms with E-state index < -0.39 is 10.1 Å². The minimum Gasteiger partial charge on any atom is -0.445 e. The predicted molar refractivity (Wildman–Crippen MR) is 80.1 cm³/mol. The summed E-state index contributed by atoms with van der Waals surface area (Å²) >= 11 is 0. The third-order valence-electron chi connectivity index (χ3n) is 2.39. The van der Waals surface area contributed by atoms with E-state index in [0.29, 0.717) is 6.26 Å². The third-order valence-corrected chi connectivity index (χ3v) is 2.39. The standard InChI is InChI=1S/C14H14N.CH4O3S.Pd/c1-15(2)14-11-7-6-10-13(14)12-8-4-3-5-9-12;1-5(2,3)4;/h3-8,10-11,15H,1H2,2H3;1H3,(H,2,3,4);/q-1;;. The number of nitrogens with one attached hydrogen (secondary N) is 1. The van der Waals surface area contributed by atoms with Gasteiger partial charge in [-0.05, 0) is 11.6 Å². The van der Waals surface area contributed by atoms with Crippen LogP contribution in [0.15, 0.2) is 48.5 Å². The largest absolute Gasteiger partial charge is 0.445 e. The first kappa shape index (κ1) is 20.0. The Morgan fingerprint density at radius 2 is 1.67 bits per heavy atom. The van der Waals surface area contributed by atoms with Crippen molar-refractivity contribution in [3.63, 3.8) is 0 Å². The Balaban J connectivity index is 0.000000583. The summed E-state index contributed by atoms with van der Waals surface area (Å²) in [5.74, 6) is 0. The normalized spacial score (nSPS) is 11.6. The van der Waals surface area contributed by atoms with E-state index in [1.165, 1.54) is 11.3 Å². The summed E-state index contributed by atoms with van der Waals surface area (Å²) in [4.78, 5) is 1.09. The van der Waals surface area contributed by atoms with Crippen molar-refractivity contribution < 1.29 is 38.3 Å². The summed E-state index contributed by atoms with van der Waals surface area (Å²) in [5, 5.41) is 0. The Morgan fingerprint density at radius 3 is 2.14 bits per heavy atom. The zero-order valence-corrected chi connectivity index (χ0v) is 14.2. The van der Waals surface area contributed by atoms with Crippen LogP contribution >= 0.6 is 0 Å². The van der Waals surface area contributed by atoms with Crippen LogP contribution in [0.25, 0.3) is 11.1 Å². The van der Waals surface area contributed by atoms with Crippen molar-refractivity contribution in [1.82, 2.24) is 0 Å². The maximum absolute atomic E-state index is 9.19. The molecule has 0 aliphatic carbocycles. The summed E-state index contributed by atoms with van der Waals surface area (Å²) in [6.07, 6.45) is 0.715. The summed E-state index contributed by atoms with van der Waals surface area (Å²) in [5.41, 5.74) is 3.52. The van der Waals surface area contributed by atoms with Gasteiger partial charge in [-0.3, -0.25) is 4.55 Å². The van der Waals surface area contributed by atoms with Gasteiger partial charge in [0.05, 0.1) is 11.9 Å². The maximum atomic E-state index is 9.19. The number of rotatable bonds is 2. The molecule has 1 unspecified atom stereocenters. The summed E-state index contributed by atoms with van der Waals surface area (Å²) in [7, 11) is 2.36. The molecule has 1 atom stereocenters. The van der Waals surface area contributed by atoms with Gasteiger partial charge >= 0.3 is 0 Å². The molecular weight excluding hydrogens is 381 g/mol. The van der Waals surface area contributed by atoms with Crippen LogP contribution in [0.1, 0.15) is 0 Å². The van der Waals surface area contributed by atoms with E-state index in [9.17, 15) is 8.42 Å². The Morgan fingerprint density at radius 1 is 1.14 bits per heavy atom. The van der Waals surface area contributed by atoms with Crippen LogP contribution in [0.4, 0.5) is 5.69 Å². The first-order chi connectivity index (χ1) is 9.29. The first-order valence-corrected chi connectivity index (χ1v) is 7.78. The van der Waals surface area contributed by atoms with Gasteiger partial charge in [-0.2, -0.15) is 8.42 Å². The third kappa shape index (κ3) is 8.10. The molecule has 0 heterocycles. The minimum atomic E-state index is -3.67. The Bertz CT molecular complexity index is 635. The molecule has 2 aromatic carbocycles. The second-order valence-corrected chi connectivity index (χ2v) is 5.80. The molecule has 0 fully saturated rings. The molecule has 0 aromatic heterocycles. The van der Waals surface area contributed by atoms with E-state index in [1.807, 2.05) is 37.4 Å². The molecule has 0 saturated heterocycles. The van der Waals surface area contributed by atoms with E-state index in [2.05, 4.69) is 31.3 Å². The molecule has 4 nitrogen and oxygen atoms in total. The molecule has 6 heteroatoms. The topological polar surface area (TPSA) is 58.8 Å². The smallest absolute Gasteiger partial charge is 0.261 e. The van der Waals surface area contributed by atoms with Crippen molar-refractivity contribution in [2.24, 2.45) is 0 Å². The monoisotopic (exact) mass is 398 g/mol. The van der Waals surface area contributed by atoms with E-state index in [0.717, 1.165) is 10.5 Å². The van der Waals surface area contributed by atoms with E-state index >= 15 is 0 Å². The maximum Gasteiger partial charge on any atom is 0.261 e. The molecule has 21 heavy (non-hydrogen) atoms. The van der Waals surface area contributed by atoms with Crippen LogP contribution in [-0.2, 0) is 30.5 Å². The van der Waals surface area contributed by atoms with Gasteiger partial charge < -0.3 is 4.90 Å². The van der Waals surface area contributed by atoms with E-state index in [1.54, 1.807) is 0 Å². The van der Waals surface area contributed by atoms with Crippen molar-refractivity contribution in [3.8, 4) is 11.1 Å². The fourth-order valence-corrected chi connectivity index (χ4v) is 1.65. The fourth-order valence-electron chi connectivity index (χ4n) is 1.65. The van der Waals surface area contributed by atoms with Crippen molar-refractivity contribution in [2.45, 2.75) is 0 Å². The zero-order chi connectivity index (χ0) is 15.2. The van der Waals surface area contributed by atoms with Crippen LogP contribution in [-0.4, -0.2) is 26.3 Å². The second kappa shape index (κ2) is 9.08. The van der Waals surface area contributed by atoms with Crippen LogP contribution in [0.2, 0.25) is 0 Å². The molecule has 0 aliphatic rings. The predicted octanol–water partition coefficient (Wildman–Crippen LogP) is 1.59. The molecule has 0 bridgehead atoms. The molecule has 0 radical (unpaired) electrons. The van der Waals surface area contributed by atoms with Crippen LogP contribution < -0.4 is 4.90 Å². The average molecular weight is 399 g/mol. The molecular formula is C15H18NO3PdS-. The number of quaternary nitrogens is 1. The van der Waals surface area contributed by atoms with Crippen LogP contribution in [0.3, 0.4) is 0 Å². The Kier molecular flexibility index (Phi) is 8.64. The van der Waals surface area contributed by atoms with Crippen molar-refractivity contribution in [3.05, 3.63) is 61.6 Å². The van der Waals surface area contributed by atoms with Gasteiger partial charge in [0.25, 0.3) is 10.1 Å². The van der Waals surface area contributed by atoms with Crippen molar-refractivity contribution >= 4 is 15.8 Å². The van der Waals surface area contributed by atoms with Gasteiger partial charge in [-0.1, -0.05) is 18.2 Å². The molecule has 118 valence electrons. The summed E-state index contributed by atoms with van der Waals surface area (Å²) < 4.78 is 25.9. The Labute approximate surface area is 140 Å². The van der Waals surface area contributed by atoms with E-state index in [4.69, 9.17) is 4.55 Å². The van der Waals surface area contributed by atoms with Gasteiger partial charge in [0.15, 0.2) is 0 Å². The molecule has 2 N–H and O–H groups in total. The minimum absolute atomic E-state index is 0. The second-order valence-electron chi connectivity index (χ2n) is 4.34. The van der Waals surface area contributed by atoms with Gasteiger partial charge in [0.1, 0.15) is 0 Å². The molecule has 0 spiro atoms.